The van der Waals surface area contributed by atoms with Crippen molar-refractivity contribution in [3.8, 4) is 22.5 Å². The third kappa shape index (κ3) is 2.86. The number of hydrogen-bond acceptors (Lipinski definition) is 0. The van der Waals surface area contributed by atoms with E-state index in [0.717, 1.165) is 6.54 Å². The van der Waals surface area contributed by atoms with Gasteiger partial charge in [0.2, 0.25) is 6.33 Å². The molecule has 0 unspecified atom stereocenters. The quantitative estimate of drug-likeness (QED) is 0.629. The molecule has 0 bridgehead atoms. The summed E-state index contributed by atoms with van der Waals surface area (Å²) >= 11 is 0. The van der Waals surface area contributed by atoms with Crippen LogP contribution in [0.4, 0.5) is 0 Å². The zero-order chi connectivity index (χ0) is 13.9. The van der Waals surface area contributed by atoms with Gasteiger partial charge in [-0.2, -0.15) is 0 Å². The van der Waals surface area contributed by atoms with Crippen molar-refractivity contribution >= 4 is 0 Å². The highest BCUT2D eigenvalue weighted by molar-refractivity contribution is 5.76. The molecule has 0 radical (unpaired) electrons. The van der Waals surface area contributed by atoms with E-state index in [-0.39, 0.29) is 12.4 Å². The number of aryl methyl sites for hydroxylation is 2. The molecule has 0 spiro atoms. The Morgan fingerprint density at radius 3 is 1.90 bits per heavy atom. The van der Waals surface area contributed by atoms with Gasteiger partial charge in [0.1, 0.15) is 0 Å². The van der Waals surface area contributed by atoms with Gasteiger partial charge in [-0.3, -0.25) is 0 Å². The lowest BCUT2D eigenvalue weighted by Crippen LogP contribution is -3.00. The smallest absolute Gasteiger partial charge is 0.244 e. The van der Waals surface area contributed by atoms with Gasteiger partial charge in [-0.05, 0) is 6.92 Å². The SMILES string of the molecule is CCn1c[n+](C)c(-c2ccccc2)c1-c1ccccc1.[Cl-]. The first-order valence-electron chi connectivity index (χ1n) is 7.01. The van der Waals surface area contributed by atoms with Crippen LogP contribution in [0, 0.1) is 0 Å². The second kappa shape index (κ2) is 6.59. The van der Waals surface area contributed by atoms with Gasteiger partial charge >= 0.3 is 0 Å². The van der Waals surface area contributed by atoms with Crippen LogP contribution in [0.5, 0.6) is 0 Å². The highest BCUT2D eigenvalue weighted by atomic mass is 35.5. The third-order valence-corrected chi connectivity index (χ3v) is 3.61. The average Bonchev–Trinajstić information content (AvgIpc) is 2.85. The zero-order valence-electron chi connectivity index (χ0n) is 12.3. The van der Waals surface area contributed by atoms with Crippen LogP contribution in [0.25, 0.3) is 22.5 Å². The maximum Gasteiger partial charge on any atom is 0.244 e. The maximum atomic E-state index is 2.30. The summed E-state index contributed by atoms with van der Waals surface area (Å²) in [7, 11) is 2.11. The van der Waals surface area contributed by atoms with Gasteiger partial charge in [-0.25, -0.2) is 9.13 Å². The average molecular weight is 299 g/mol. The Hall–Kier alpha value is -2.06. The monoisotopic (exact) mass is 298 g/mol. The number of halogens is 1. The van der Waals surface area contributed by atoms with Gasteiger partial charge in [-0.1, -0.05) is 60.7 Å². The molecule has 0 aliphatic heterocycles. The molecule has 0 aliphatic carbocycles. The van der Waals surface area contributed by atoms with Gasteiger partial charge in [0.25, 0.3) is 0 Å². The second-order valence-electron chi connectivity index (χ2n) is 4.94. The normalized spacial score (nSPS) is 10.2. The summed E-state index contributed by atoms with van der Waals surface area (Å²) in [5, 5.41) is 0. The van der Waals surface area contributed by atoms with Crippen molar-refractivity contribution in [2.24, 2.45) is 7.05 Å². The Bertz CT molecular complexity index is 703. The Labute approximate surface area is 132 Å². The van der Waals surface area contributed by atoms with Crippen LogP contribution in [-0.2, 0) is 13.6 Å². The molecule has 0 aliphatic rings. The summed E-state index contributed by atoms with van der Waals surface area (Å²) in [5.74, 6) is 0. The van der Waals surface area contributed by atoms with E-state index < -0.39 is 0 Å². The topological polar surface area (TPSA) is 8.81 Å². The molecule has 1 heterocycles. The molecule has 2 aromatic carbocycles. The molecule has 3 aromatic rings. The highest BCUT2D eigenvalue weighted by Gasteiger charge is 2.22. The number of benzene rings is 2. The lowest BCUT2D eigenvalue weighted by Gasteiger charge is -2.03. The lowest BCUT2D eigenvalue weighted by atomic mass is 10.0. The fourth-order valence-corrected chi connectivity index (χ4v) is 2.70. The van der Waals surface area contributed by atoms with Crippen molar-refractivity contribution < 1.29 is 17.0 Å². The number of imidazole rings is 1. The Morgan fingerprint density at radius 2 is 1.38 bits per heavy atom. The second-order valence-corrected chi connectivity index (χ2v) is 4.94. The van der Waals surface area contributed by atoms with Crippen molar-refractivity contribution in [3.63, 3.8) is 0 Å². The predicted molar refractivity (Wildman–Crippen MR) is 82.2 cm³/mol. The lowest BCUT2D eigenvalue weighted by molar-refractivity contribution is -0.660. The minimum atomic E-state index is 0. The summed E-state index contributed by atoms with van der Waals surface area (Å²) in [6.07, 6.45) is 2.17. The molecule has 1 aromatic heterocycles. The van der Waals surface area contributed by atoms with Crippen molar-refractivity contribution in [2.45, 2.75) is 13.5 Å². The Kier molecular flexibility index (Phi) is 4.81. The summed E-state index contributed by atoms with van der Waals surface area (Å²) < 4.78 is 4.51. The van der Waals surface area contributed by atoms with Crippen LogP contribution in [0.3, 0.4) is 0 Å². The first-order valence-corrected chi connectivity index (χ1v) is 7.01. The first kappa shape index (κ1) is 15.3. The van der Waals surface area contributed by atoms with Crippen LogP contribution in [0.2, 0.25) is 0 Å². The summed E-state index contributed by atoms with van der Waals surface area (Å²) in [6.45, 7) is 3.14. The van der Waals surface area contributed by atoms with E-state index in [9.17, 15) is 0 Å². The number of nitrogens with zero attached hydrogens (tertiary/aromatic N) is 2. The summed E-state index contributed by atoms with van der Waals surface area (Å²) in [6, 6.07) is 21.2. The molecule has 0 saturated heterocycles. The van der Waals surface area contributed by atoms with Gasteiger partial charge in [0.15, 0.2) is 11.4 Å². The van der Waals surface area contributed by atoms with Crippen molar-refractivity contribution in [3.05, 3.63) is 67.0 Å². The van der Waals surface area contributed by atoms with E-state index in [4.69, 9.17) is 0 Å². The number of rotatable bonds is 3. The zero-order valence-corrected chi connectivity index (χ0v) is 13.1. The molecule has 0 saturated carbocycles. The number of hydrogen-bond donors (Lipinski definition) is 0. The Balaban J connectivity index is 0.00000161. The summed E-state index contributed by atoms with van der Waals surface area (Å²) in [5.41, 5.74) is 5.05. The molecular formula is C18H19ClN2. The molecule has 21 heavy (non-hydrogen) atoms. The fourth-order valence-electron chi connectivity index (χ4n) is 2.70. The molecule has 0 amide bonds. The van der Waals surface area contributed by atoms with E-state index in [1.807, 2.05) is 0 Å². The third-order valence-electron chi connectivity index (χ3n) is 3.61. The van der Waals surface area contributed by atoms with Crippen LogP contribution in [0.15, 0.2) is 67.0 Å². The van der Waals surface area contributed by atoms with Crippen LogP contribution in [-0.4, -0.2) is 4.57 Å². The Morgan fingerprint density at radius 1 is 0.857 bits per heavy atom. The van der Waals surface area contributed by atoms with E-state index in [1.54, 1.807) is 0 Å². The van der Waals surface area contributed by atoms with Gasteiger partial charge in [0.05, 0.1) is 13.6 Å². The molecule has 0 N–H and O–H groups in total. The molecule has 0 fully saturated rings. The molecule has 3 rings (SSSR count). The van der Waals surface area contributed by atoms with Gasteiger partial charge < -0.3 is 12.4 Å². The van der Waals surface area contributed by atoms with Gasteiger partial charge in [0, 0.05) is 11.1 Å². The maximum absolute atomic E-state index is 2.30. The van der Waals surface area contributed by atoms with Crippen molar-refractivity contribution in [2.75, 3.05) is 0 Å². The molecule has 2 nitrogen and oxygen atoms in total. The standard InChI is InChI=1S/C18H19N2.ClH/c1-3-20-14-19(2)17(15-10-6-4-7-11-15)18(20)16-12-8-5-9-13-16;/h4-14H,3H2,1-2H3;1H/q+1;/p-1. The minimum absolute atomic E-state index is 0. The fraction of sp³-hybridized carbons (Fsp3) is 0.167. The minimum Gasteiger partial charge on any atom is -1.00 e. The van der Waals surface area contributed by atoms with Crippen LogP contribution in [0.1, 0.15) is 6.92 Å². The van der Waals surface area contributed by atoms with E-state index in [0.29, 0.717) is 0 Å². The number of aromatic nitrogens is 2. The largest absolute Gasteiger partial charge is 1.00 e. The van der Waals surface area contributed by atoms with Crippen molar-refractivity contribution in [1.29, 1.82) is 0 Å². The highest BCUT2D eigenvalue weighted by Crippen LogP contribution is 2.29. The molecule has 108 valence electrons. The van der Waals surface area contributed by atoms with Crippen molar-refractivity contribution in [1.82, 2.24) is 4.57 Å². The van der Waals surface area contributed by atoms with Gasteiger partial charge in [-0.15, -0.1) is 0 Å². The summed E-state index contributed by atoms with van der Waals surface area (Å²) in [4.78, 5) is 0. The van der Waals surface area contributed by atoms with Crippen LogP contribution >= 0.6 is 0 Å². The first-order chi connectivity index (χ1) is 9.81. The predicted octanol–water partition coefficient (Wildman–Crippen LogP) is 0.670. The molecule has 3 heteroatoms. The van der Waals surface area contributed by atoms with Crippen LogP contribution < -0.4 is 17.0 Å². The van der Waals surface area contributed by atoms with E-state index in [2.05, 4.69) is 90.1 Å². The van der Waals surface area contributed by atoms with E-state index >= 15 is 0 Å². The molecule has 0 atom stereocenters. The van der Waals surface area contributed by atoms with E-state index in [1.165, 1.54) is 22.5 Å². The molecular weight excluding hydrogens is 280 g/mol.